The van der Waals surface area contributed by atoms with Gasteiger partial charge < -0.3 is 10.1 Å². The van der Waals surface area contributed by atoms with E-state index in [0.717, 1.165) is 6.07 Å². The number of aromatic nitrogens is 1. The quantitative estimate of drug-likeness (QED) is 0.812. The Kier molecular flexibility index (Phi) is 5.58. The lowest BCUT2D eigenvalue weighted by Crippen LogP contribution is -2.31. The third-order valence-electron chi connectivity index (χ3n) is 3.11. The number of benzene rings is 1. The van der Waals surface area contributed by atoms with E-state index in [0.29, 0.717) is 5.69 Å². The molecule has 0 aliphatic rings. The summed E-state index contributed by atoms with van der Waals surface area (Å²) in [5.74, 6) is -2.49. The molecule has 0 saturated heterocycles. The number of nitrogens with zero attached hydrogens (tertiary/aromatic N) is 1. The number of hydrogen-bond acceptors (Lipinski definition) is 6. The fourth-order valence-corrected chi connectivity index (χ4v) is 2.97. The predicted octanol–water partition coefficient (Wildman–Crippen LogP) is 2.17. The van der Waals surface area contributed by atoms with Crippen LogP contribution in [0, 0.1) is 5.82 Å². The fourth-order valence-electron chi connectivity index (χ4n) is 1.96. The highest BCUT2D eigenvalue weighted by atomic mass is 32.2. The fraction of sp³-hybridized carbons (Fsp3) is 0.250. The van der Waals surface area contributed by atoms with E-state index in [1.54, 1.807) is 27.0 Å². The topological polar surface area (TPSA) is 97.4 Å². The minimum absolute atomic E-state index is 0.124. The molecule has 0 bridgehead atoms. The van der Waals surface area contributed by atoms with E-state index in [1.165, 1.54) is 24.4 Å². The number of halogens is 1. The Hall–Kier alpha value is -2.68. The maximum absolute atomic E-state index is 14.3. The number of sulfonamides is 1. The van der Waals surface area contributed by atoms with E-state index >= 15 is 0 Å². The van der Waals surface area contributed by atoms with Crippen molar-refractivity contribution in [2.45, 2.75) is 24.8 Å². The number of carbonyl (C=O) groups is 1. The van der Waals surface area contributed by atoms with Crippen LogP contribution in [0.25, 0.3) is 0 Å². The lowest BCUT2D eigenvalue weighted by Gasteiger charge is -2.12. The number of rotatable bonds is 6. The number of pyridine rings is 1. The first-order valence-electron chi connectivity index (χ1n) is 7.40. The summed E-state index contributed by atoms with van der Waals surface area (Å²) >= 11 is 0. The number of anilines is 1. The molecule has 0 atom stereocenters. The second-order valence-corrected chi connectivity index (χ2v) is 7.04. The van der Waals surface area contributed by atoms with Gasteiger partial charge in [-0.15, -0.1) is 0 Å². The molecule has 2 aromatic rings. The highest BCUT2D eigenvalue weighted by Gasteiger charge is 2.23. The van der Waals surface area contributed by atoms with Crippen LogP contribution < -0.4 is 14.8 Å². The molecule has 1 aromatic carbocycles. The van der Waals surface area contributed by atoms with Gasteiger partial charge in [0.2, 0.25) is 0 Å². The predicted molar refractivity (Wildman–Crippen MR) is 90.6 cm³/mol. The van der Waals surface area contributed by atoms with Crippen LogP contribution in [0.15, 0.2) is 41.4 Å². The van der Waals surface area contributed by atoms with Crippen molar-refractivity contribution in [1.82, 2.24) is 9.71 Å². The molecule has 1 aromatic heterocycles. The van der Waals surface area contributed by atoms with Gasteiger partial charge in [-0.3, -0.25) is 4.79 Å². The van der Waals surface area contributed by atoms with Gasteiger partial charge in [0, 0.05) is 18.9 Å². The highest BCUT2D eigenvalue weighted by Crippen LogP contribution is 2.20. The Labute approximate surface area is 145 Å². The van der Waals surface area contributed by atoms with Gasteiger partial charge >= 0.3 is 0 Å². The molecule has 2 N–H and O–H groups in total. The molecule has 0 aliphatic heterocycles. The van der Waals surface area contributed by atoms with E-state index in [-0.39, 0.29) is 16.9 Å². The normalized spacial score (nSPS) is 11.2. The minimum Gasteiger partial charge on any atom is -0.473 e. The lowest BCUT2D eigenvalue weighted by molar-refractivity contribution is 0.0975. The Balaban J connectivity index is 2.29. The molecule has 0 saturated carbocycles. The van der Waals surface area contributed by atoms with E-state index in [1.807, 2.05) is 4.72 Å². The van der Waals surface area contributed by atoms with Gasteiger partial charge in [0.15, 0.2) is 5.82 Å². The summed E-state index contributed by atoms with van der Waals surface area (Å²) in [6, 6.07) is 6.95. The Morgan fingerprint density at radius 2 is 2.00 bits per heavy atom. The Morgan fingerprint density at radius 3 is 2.64 bits per heavy atom. The van der Waals surface area contributed by atoms with Crippen LogP contribution in [0.5, 0.6) is 5.88 Å². The van der Waals surface area contributed by atoms with Gasteiger partial charge in [-0.25, -0.2) is 22.5 Å². The average molecular weight is 367 g/mol. The lowest BCUT2D eigenvalue weighted by atomic mass is 10.2. The summed E-state index contributed by atoms with van der Waals surface area (Å²) in [6.45, 7) is 3.35. The monoisotopic (exact) mass is 367 g/mol. The van der Waals surface area contributed by atoms with Gasteiger partial charge in [0.25, 0.3) is 21.8 Å². The van der Waals surface area contributed by atoms with Crippen molar-refractivity contribution in [3.63, 3.8) is 0 Å². The Morgan fingerprint density at radius 1 is 1.28 bits per heavy atom. The third-order valence-corrected chi connectivity index (χ3v) is 4.44. The van der Waals surface area contributed by atoms with E-state index < -0.39 is 27.3 Å². The van der Waals surface area contributed by atoms with Crippen molar-refractivity contribution in [1.29, 1.82) is 0 Å². The molecule has 0 unspecified atom stereocenters. The zero-order chi connectivity index (χ0) is 18.6. The van der Waals surface area contributed by atoms with Gasteiger partial charge in [0.05, 0.1) is 16.6 Å². The molecule has 0 fully saturated rings. The van der Waals surface area contributed by atoms with E-state index in [9.17, 15) is 17.6 Å². The number of carbonyl (C=O) groups excluding carboxylic acids is 1. The van der Waals surface area contributed by atoms with Gasteiger partial charge in [-0.05, 0) is 38.1 Å². The van der Waals surface area contributed by atoms with Crippen molar-refractivity contribution in [2.24, 2.45) is 0 Å². The summed E-state index contributed by atoms with van der Waals surface area (Å²) in [4.78, 5) is 15.8. The van der Waals surface area contributed by atoms with Gasteiger partial charge in [-0.1, -0.05) is 6.07 Å². The van der Waals surface area contributed by atoms with Crippen LogP contribution in [0.2, 0.25) is 0 Å². The summed E-state index contributed by atoms with van der Waals surface area (Å²) in [7, 11) is -2.53. The molecular weight excluding hydrogens is 349 g/mol. The Bertz CT molecular complexity index is 885. The van der Waals surface area contributed by atoms with Crippen LogP contribution in [-0.2, 0) is 10.0 Å². The summed E-state index contributed by atoms with van der Waals surface area (Å²) in [5.41, 5.74) is 0.0806. The highest BCUT2D eigenvalue weighted by molar-refractivity contribution is 7.90. The maximum atomic E-state index is 14.3. The van der Waals surface area contributed by atoms with Crippen molar-refractivity contribution >= 4 is 21.6 Å². The standard InChI is InChI=1S/C16H18FN3O4S/c1-10(2)24-16-14(17)13(7-8-19-16)15(21)20-25(22,23)12-6-4-5-11(9-12)18-3/h4-10,18H,1-3H3,(H,20,21). The van der Waals surface area contributed by atoms with Gasteiger partial charge in [-0.2, -0.15) is 0 Å². The molecule has 9 heteroatoms. The minimum atomic E-state index is -4.16. The molecule has 0 radical (unpaired) electrons. The van der Waals surface area contributed by atoms with Crippen LogP contribution in [0.3, 0.4) is 0 Å². The largest absolute Gasteiger partial charge is 0.473 e. The summed E-state index contributed by atoms with van der Waals surface area (Å²) < 4.78 is 46.0. The molecule has 134 valence electrons. The van der Waals surface area contributed by atoms with Crippen molar-refractivity contribution in [2.75, 3.05) is 12.4 Å². The number of nitrogens with one attached hydrogen (secondary N) is 2. The van der Waals surface area contributed by atoms with Crippen LogP contribution in [-0.4, -0.2) is 32.5 Å². The van der Waals surface area contributed by atoms with Crippen molar-refractivity contribution in [3.05, 3.63) is 47.9 Å². The molecule has 7 nitrogen and oxygen atoms in total. The first-order chi connectivity index (χ1) is 11.7. The molecule has 0 spiro atoms. The molecular formula is C16H18FN3O4S. The van der Waals surface area contributed by atoms with Crippen LogP contribution >= 0.6 is 0 Å². The van der Waals surface area contributed by atoms with Crippen LogP contribution in [0.4, 0.5) is 10.1 Å². The molecule has 2 rings (SSSR count). The van der Waals surface area contributed by atoms with Crippen molar-refractivity contribution < 1.29 is 22.3 Å². The summed E-state index contributed by atoms with van der Waals surface area (Å²) in [6.07, 6.45) is 0.817. The second kappa shape index (κ2) is 7.47. The molecule has 25 heavy (non-hydrogen) atoms. The molecule has 1 amide bonds. The molecule has 0 aliphatic carbocycles. The van der Waals surface area contributed by atoms with Gasteiger partial charge in [0.1, 0.15) is 0 Å². The maximum Gasteiger partial charge on any atom is 0.268 e. The summed E-state index contributed by atoms with van der Waals surface area (Å²) in [5, 5.41) is 2.80. The smallest absolute Gasteiger partial charge is 0.268 e. The SMILES string of the molecule is CNc1cccc(S(=O)(=O)NC(=O)c2ccnc(OC(C)C)c2F)c1. The average Bonchev–Trinajstić information content (AvgIpc) is 2.56. The number of amides is 1. The van der Waals surface area contributed by atoms with Crippen molar-refractivity contribution in [3.8, 4) is 5.88 Å². The van der Waals surface area contributed by atoms with E-state index in [4.69, 9.17) is 4.74 Å². The third kappa shape index (κ3) is 4.44. The zero-order valence-electron chi connectivity index (χ0n) is 13.9. The first-order valence-corrected chi connectivity index (χ1v) is 8.89. The second-order valence-electron chi connectivity index (χ2n) is 5.36. The zero-order valence-corrected chi connectivity index (χ0v) is 14.7. The van der Waals surface area contributed by atoms with E-state index in [2.05, 4.69) is 10.3 Å². The molecule has 1 heterocycles. The van der Waals surface area contributed by atoms with Crippen LogP contribution in [0.1, 0.15) is 24.2 Å². The number of hydrogen-bond donors (Lipinski definition) is 2. The number of ether oxygens (including phenoxy) is 1. The first kappa shape index (κ1) is 18.7.